The topological polar surface area (TPSA) is 90.8 Å². The highest BCUT2D eigenvalue weighted by molar-refractivity contribution is 6.10. The number of nitriles is 2. The summed E-state index contributed by atoms with van der Waals surface area (Å²) in [6.07, 6.45) is 3.81. The summed E-state index contributed by atoms with van der Waals surface area (Å²) < 4.78 is 7.05. The van der Waals surface area contributed by atoms with Gasteiger partial charge in [-0.05, 0) is 36.4 Å². The minimum Gasteiger partial charge on any atom is -0.497 e. The van der Waals surface area contributed by atoms with Crippen LogP contribution in [0.4, 0.5) is 5.69 Å². The molecular formula is C22H18N4O2. The molecule has 0 spiro atoms. The summed E-state index contributed by atoms with van der Waals surface area (Å²) in [6.45, 7) is 0.546. The molecule has 1 aromatic heterocycles. The van der Waals surface area contributed by atoms with Crippen LogP contribution < -0.4 is 10.1 Å². The Morgan fingerprint density at radius 2 is 1.93 bits per heavy atom. The Morgan fingerprint density at radius 3 is 2.61 bits per heavy atom. The number of nitrogens with one attached hydrogen (secondary N) is 1. The maximum Gasteiger partial charge on any atom is 0.266 e. The van der Waals surface area contributed by atoms with Crippen molar-refractivity contribution in [2.75, 3.05) is 12.4 Å². The van der Waals surface area contributed by atoms with E-state index in [9.17, 15) is 10.1 Å². The van der Waals surface area contributed by atoms with Crippen molar-refractivity contribution in [2.45, 2.75) is 13.0 Å². The van der Waals surface area contributed by atoms with Crippen LogP contribution in [-0.4, -0.2) is 17.6 Å². The van der Waals surface area contributed by atoms with Crippen LogP contribution in [0.25, 0.3) is 17.0 Å². The van der Waals surface area contributed by atoms with Gasteiger partial charge in [-0.1, -0.05) is 18.2 Å². The van der Waals surface area contributed by atoms with E-state index < -0.39 is 5.91 Å². The van der Waals surface area contributed by atoms with Crippen molar-refractivity contribution in [2.24, 2.45) is 0 Å². The maximum atomic E-state index is 12.5. The lowest BCUT2D eigenvalue weighted by molar-refractivity contribution is -0.112. The zero-order valence-corrected chi connectivity index (χ0v) is 15.3. The molecule has 138 valence electrons. The lowest BCUT2D eigenvalue weighted by Crippen LogP contribution is -2.13. The van der Waals surface area contributed by atoms with Crippen molar-refractivity contribution < 1.29 is 9.53 Å². The van der Waals surface area contributed by atoms with Crippen LogP contribution in [0.3, 0.4) is 0 Å². The highest BCUT2D eigenvalue weighted by Gasteiger charge is 2.13. The van der Waals surface area contributed by atoms with E-state index in [0.29, 0.717) is 24.4 Å². The van der Waals surface area contributed by atoms with E-state index in [2.05, 4.69) is 11.4 Å². The first-order chi connectivity index (χ1) is 13.7. The number of benzene rings is 2. The van der Waals surface area contributed by atoms with Crippen molar-refractivity contribution >= 4 is 28.6 Å². The quantitative estimate of drug-likeness (QED) is 0.522. The zero-order chi connectivity index (χ0) is 19.9. The molecule has 6 heteroatoms. The van der Waals surface area contributed by atoms with Crippen LogP contribution in [0.2, 0.25) is 0 Å². The molecule has 0 aliphatic carbocycles. The number of amides is 1. The minimum atomic E-state index is -0.485. The largest absolute Gasteiger partial charge is 0.497 e. The van der Waals surface area contributed by atoms with Gasteiger partial charge in [-0.2, -0.15) is 10.5 Å². The van der Waals surface area contributed by atoms with Crippen LogP contribution in [0.1, 0.15) is 12.0 Å². The van der Waals surface area contributed by atoms with Gasteiger partial charge in [-0.25, -0.2) is 0 Å². The molecule has 1 N–H and O–H groups in total. The Kier molecular flexibility index (Phi) is 5.74. The molecule has 0 bridgehead atoms. The van der Waals surface area contributed by atoms with Crippen molar-refractivity contribution in [1.82, 2.24) is 4.57 Å². The Labute approximate surface area is 162 Å². The molecule has 2 aromatic carbocycles. The number of ether oxygens (including phenoxy) is 1. The summed E-state index contributed by atoms with van der Waals surface area (Å²) in [6, 6.07) is 18.7. The number of nitrogens with zero attached hydrogens (tertiary/aromatic N) is 3. The van der Waals surface area contributed by atoms with Gasteiger partial charge in [0.15, 0.2) is 0 Å². The van der Waals surface area contributed by atoms with Crippen molar-refractivity contribution in [1.29, 1.82) is 10.5 Å². The number of rotatable bonds is 6. The number of fused-ring (bicyclic) bond motifs is 1. The third-order valence-electron chi connectivity index (χ3n) is 4.30. The predicted octanol–water partition coefficient (Wildman–Crippen LogP) is 4.11. The summed E-state index contributed by atoms with van der Waals surface area (Å²) in [5.74, 6) is 0.195. The van der Waals surface area contributed by atoms with Crippen LogP contribution in [0.5, 0.6) is 5.75 Å². The highest BCUT2D eigenvalue weighted by Crippen LogP contribution is 2.24. The first-order valence-corrected chi connectivity index (χ1v) is 8.68. The SMILES string of the molecule is COc1ccc(NC(=O)/C(C#N)=C\c2cn(CCC#N)c3ccccc23)cc1. The van der Waals surface area contributed by atoms with E-state index in [1.165, 1.54) is 0 Å². The number of anilines is 1. The molecule has 0 unspecified atom stereocenters. The number of carbonyl (C=O) groups is 1. The van der Waals surface area contributed by atoms with Gasteiger partial charge >= 0.3 is 0 Å². The third-order valence-corrected chi connectivity index (χ3v) is 4.30. The van der Waals surface area contributed by atoms with Gasteiger partial charge in [0.05, 0.1) is 19.6 Å². The highest BCUT2D eigenvalue weighted by atomic mass is 16.5. The molecule has 0 radical (unpaired) electrons. The Bertz CT molecular complexity index is 1110. The van der Waals surface area contributed by atoms with E-state index in [1.54, 1.807) is 37.5 Å². The fourth-order valence-corrected chi connectivity index (χ4v) is 2.92. The second kappa shape index (κ2) is 8.57. The van der Waals surface area contributed by atoms with E-state index in [-0.39, 0.29) is 5.57 Å². The first-order valence-electron chi connectivity index (χ1n) is 8.68. The number of aryl methyl sites for hydroxylation is 1. The average Bonchev–Trinajstić information content (AvgIpc) is 3.08. The fourth-order valence-electron chi connectivity index (χ4n) is 2.92. The molecule has 1 heterocycles. The van der Waals surface area contributed by atoms with Crippen molar-refractivity contribution in [3.8, 4) is 17.9 Å². The van der Waals surface area contributed by atoms with Gasteiger partial charge in [0, 0.05) is 34.9 Å². The molecule has 1 amide bonds. The molecule has 0 aliphatic rings. The van der Waals surface area contributed by atoms with Gasteiger partial charge in [-0.15, -0.1) is 0 Å². The van der Waals surface area contributed by atoms with Crippen molar-refractivity contribution in [3.63, 3.8) is 0 Å². The summed E-state index contributed by atoms with van der Waals surface area (Å²) in [5.41, 5.74) is 2.29. The molecule has 3 rings (SSSR count). The Balaban J connectivity index is 1.90. The number of carbonyl (C=O) groups excluding carboxylic acids is 1. The van der Waals surface area contributed by atoms with Crippen molar-refractivity contribution in [3.05, 3.63) is 65.9 Å². The Hall–Kier alpha value is -4.03. The van der Waals surface area contributed by atoms with Crippen LogP contribution in [0.15, 0.2) is 60.3 Å². The van der Waals surface area contributed by atoms with Gasteiger partial charge in [-0.3, -0.25) is 4.79 Å². The molecule has 0 saturated carbocycles. The van der Waals surface area contributed by atoms with E-state index >= 15 is 0 Å². The summed E-state index contributed by atoms with van der Waals surface area (Å²) in [4.78, 5) is 12.5. The van der Waals surface area contributed by atoms with E-state index in [4.69, 9.17) is 10.00 Å². The molecule has 0 atom stereocenters. The van der Waals surface area contributed by atoms with E-state index in [0.717, 1.165) is 16.5 Å². The molecule has 0 aliphatic heterocycles. The molecule has 0 saturated heterocycles. The first kappa shape index (κ1) is 18.8. The molecule has 6 nitrogen and oxygen atoms in total. The van der Waals surface area contributed by atoms with Gasteiger partial charge in [0.1, 0.15) is 17.4 Å². The van der Waals surface area contributed by atoms with Gasteiger partial charge in [0.25, 0.3) is 5.91 Å². The molecular weight excluding hydrogens is 352 g/mol. The van der Waals surface area contributed by atoms with E-state index in [1.807, 2.05) is 41.1 Å². The van der Waals surface area contributed by atoms with Gasteiger partial charge < -0.3 is 14.6 Å². The maximum absolute atomic E-state index is 12.5. The number of methoxy groups -OCH3 is 1. The minimum absolute atomic E-state index is 0.000922. The number of aromatic nitrogens is 1. The average molecular weight is 370 g/mol. The summed E-state index contributed by atoms with van der Waals surface area (Å²) in [5, 5.41) is 22.0. The van der Waals surface area contributed by atoms with Gasteiger partial charge in [0.2, 0.25) is 0 Å². The number of hydrogen-bond acceptors (Lipinski definition) is 4. The lowest BCUT2D eigenvalue weighted by Gasteiger charge is -2.05. The Morgan fingerprint density at radius 1 is 1.18 bits per heavy atom. The summed E-state index contributed by atoms with van der Waals surface area (Å²) >= 11 is 0. The molecule has 0 fully saturated rings. The smallest absolute Gasteiger partial charge is 0.266 e. The van der Waals surface area contributed by atoms with Crippen LogP contribution >= 0.6 is 0 Å². The summed E-state index contributed by atoms with van der Waals surface area (Å²) in [7, 11) is 1.57. The third kappa shape index (κ3) is 4.03. The standard InChI is InChI=1S/C22H18N4O2/c1-28-19-9-7-18(8-10-19)25-22(27)16(14-24)13-17-15-26(12-4-11-23)21-6-3-2-5-20(17)21/h2-3,5-10,13,15H,4,12H2,1H3,(H,25,27)/b16-13-. The van der Waals surface area contributed by atoms with Crippen LogP contribution in [-0.2, 0) is 11.3 Å². The molecule has 3 aromatic rings. The molecule has 28 heavy (non-hydrogen) atoms. The fraction of sp³-hybridized carbons (Fsp3) is 0.136. The van der Waals surface area contributed by atoms with Crippen LogP contribution in [0, 0.1) is 22.7 Å². The number of hydrogen-bond donors (Lipinski definition) is 1. The predicted molar refractivity (Wildman–Crippen MR) is 107 cm³/mol. The second-order valence-corrected chi connectivity index (χ2v) is 6.06. The second-order valence-electron chi connectivity index (χ2n) is 6.06. The normalized spacial score (nSPS) is 10.9. The monoisotopic (exact) mass is 370 g/mol. The lowest BCUT2D eigenvalue weighted by atomic mass is 10.1. The number of para-hydroxylation sites is 1. The zero-order valence-electron chi connectivity index (χ0n) is 15.3.